The quantitative estimate of drug-likeness (QED) is 0.458. The van der Waals surface area contributed by atoms with Gasteiger partial charge in [-0.3, -0.25) is 21.0 Å². The van der Waals surface area contributed by atoms with Gasteiger partial charge in [-0.2, -0.15) is 0 Å². The minimum Gasteiger partial charge on any atom is -0.331 e. The number of halogens is 1. The summed E-state index contributed by atoms with van der Waals surface area (Å²) in [4.78, 5) is 10.2. The maximum absolute atomic E-state index is 12.8. The van der Waals surface area contributed by atoms with Gasteiger partial charge in [0.15, 0.2) is 5.11 Å². The molecule has 2 rings (SSSR count). The van der Waals surface area contributed by atoms with Gasteiger partial charge in [-0.15, -0.1) is 0 Å². The highest BCUT2D eigenvalue weighted by Crippen LogP contribution is 2.16. The number of nitrogens with one attached hydrogen (secondary N) is 3. The van der Waals surface area contributed by atoms with Gasteiger partial charge in [0.25, 0.3) is 5.69 Å². The van der Waals surface area contributed by atoms with Crippen LogP contribution in [0, 0.1) is 15.9 Å². The molecule has 8 heteroatoms. The number of hydrogen-bond acceptors (Lipinski definition) is 4. The summed E-state index contributed by atoms with van der Waals surface area (Å²) in [6.07, 6.45) is 0. The molecule has 0 fully saturated rings. The van der Waals surface area contributed by atoms with Crippen molar-refractivity contribution in [2.24, 2.45) is 0 Å². The normalized spacial score (nSPS) is 9.76. The summed E-state index contributed by atoms with van der Waals surface area (Å²) in [6, 6.07) is 11.7. The fraction of sp³-hybridized carbons (Fsp3) is 0. The van der Waals surface area contributed by atoms with E-state index in [0.29, 0.717) is 11.4 Å². The Morgan fingerprint density at radius 2 is 1.86 bits per heavy atom. The number of rotatable bonds is 4. The molecule has 21 heavy (non-hydrogen) atoms. The number of nitro groups is 1. The zero-order chi connectivity index (χ0) is 15.2. The first-order valence-corrected chi connectivity index (χ1v) is 6.28. The van der Waals surface area contributed by atoms with Crippen molar-refractivity contribution in [1.82, 2.24) is 5.43 Å². The third kappa shape index (κ3) is 4.39. The van der Waals surface area contributed by atoms with E-state index in [9.17, 15) is 14.5 Å². The molecule has 0 atom stereocenters. The lowest BCUT2D eigenvalue weighted by atomic mass is 10.3. The Hall–Kier alpha value is -2.74. The molecule has 0 spiro atoms. The first-order valence-electron chi connectivity index (χ1n) is 5.87. The largest absolute Gasteiger partial charge is 0.331 e. The smallest absolute Gasteiger partial charge is 0.271 e. The number of anilines is 2. The van der Waals surface area contributed by atoms with E-state index < -0.39 is 4.92 Å². The predicted octanol–water partition coefficient (Wildman–Crippen LogP) is 3.05. The third-order valence-corrected chi connectivity index (χ3v) is 2.68. The maximum atomic E-state index is 12.8. The van der Waals surface area contributed by atoms with Gasteiger partial charge in [-0.1, -0.05) is 6.07 Å². The van der Waals surface area contributed by atoms with Crippen LogP contribution >= 0.6 is 12.2 Å². The van der Waals surface area contributed by atoms with Crippen LogP contribution in [0.15, 0.2) is 48.5 Å². The second-order valence-electron chi connectivity index (χ2n) is 4.02. The summed E-state index contributed by atoms with van der Waals surface area (Å²) >= 11 is 5.04. The molecular weight excluding hydrogens is 295 g/mol. The molecule has 108 valence electrons. The van der Waals surface area contributed by atoms with E-state index in [1.807, 2.05) is 0 Å². The number of hydrogen-bond donors (Lipinski definition) is 3. The van der Waals surface area contributed by atoms with Gasteiger partial charge in [0.1, 0.15) is 5.82 Å². The van der Waals surface area contributed by atoms with E-state index in [1.165, 1.54) is 36.4 Å². The molecule has 0 bridgehead atoms. The summed E-state index contributed by atoms with van der Waals surface area (Å²) < 4.78 is 12.8. The van der Waals surface area contributed by atoms with Gasteiger partial charge in [0.2, 0.25) is 0 Å². The lowest BCUT2D eigenvalue weighted by Gasteiger charge is -2.12. The first-order chi connectivity index (χ1) is 10.0. The van der Waals surface area contributed by atoms with Crippen molar-refractivity contribution in [2.75, 3.05) is 10.7 Å². The Morgan fingerprint density at radius 1 is 1.14 bits per heavy atom. The molecule has 0 saturated carbocycles. The molecule has 2 aromatic rings. The zero-order valence-electron chi connectivity index (χ0n) is 10.7. The molecule has 3 N–H and O–H groups in total. The minimum atomic E-state index is -0.486. The van der Waals surface area contributed by atoms with Crippen molar-refractivity contribution >= 4 is 34.4 Å². The molecule has 6 nitrogen and oxygen atoms in total. The topological polar surface area (TPSA) is 79.2 Å². The van der Waals surface area contributed by atoms with Crippen LogP contribution in [-0.4, -0.2) is 10.0 Å². The summed E-state index contributed by atoms with van der Waals surface area (Å²) in [6.45, 7) is 0. The molecule has 0 heterocycles. The van der Waals surface area contributed by atoms with E-state index in [2.05, 4.69) is 16.2 Å². The van der Waals surface area contributed by atoms with Crippen LogP contribution in [0.5, 0.6) is 0 Å². The second-order valence-corrected chi connectivity index (χ2v) is 4.43. The SMILES string of the molecule is O=[N+]([O-])c1cccc(NNC(=S)Nc2ccc(F)cc2)c1. The van der Waals surface area contributed by atoms with Crippen LogP contribution in [0.3, 0.4) is 0 Å². The number of nitro benzene ring substituents is 1. The number of hydrazine groups is 1. The summed E-state index contributed by atoms with van der Waals surface area (Å²) in [5.41, 5.74) is 6.51. The Labute approximate surface area is 125 Å². The lowest BCUT2D eigenvalue weighted by Crippen LogP contribution is -2.33. The molecule has 0 saturated heterocycles. The molecule has 2 aromatic carbocycles. The third-order valence-electron chi connectivity index (χ3n) is 2.48. The highest BCUT2D eigenvalue weighted by molar-refractivity contribution is 7.80. The lowest BCUT2D eigenvalue weighted by molar-refractivity contribution is -0.384. The van der Waals surface area contributed by atoms with E-state index in [0.717, 1.165) is 0 Å². The van der Waals surface area contributed by atoms with E-state index in [4.69, 9.17) is 12.2 Å². The van der Waals surface area contributed by atoms with Gasteiger partial charge in [0, 0.05) is 17.8 Å². The van der Waals surface area contributed by atoms with Crippen molar-refractivity contribution < 1.29 is 9.31 Å². The minimum absolute atomic E-state index is 0.0285. The van der Waals surface area contributed by atoms with Crippen molar-refractivity contribution in [3.05, 3.63) is 64.5 Å². The van der Waals surface area contributed by atoms with Crippen molar-refractivity contribution in [2.45, 2.75) is 0 Å². The molecular formula is C13H11FN4O2S. The fourth-order valence-electron chi connectivity index (χ4n) is 1.52. The number of thiocarbonyl (C=S) groups is 1. The van der Waals surface area contributed by atoms with Crippen LogP contribution in [0.1, 0.15) is 0 Å². The number of nitrogens with zero attached hydrogens (tertiary/aromatic N) is 1. The van der Waals surface area contributed by atoms with Gasteiger partial charge in [0.05, 0.1) is 10.6 Å². The molecule has 0 aromatic heterocycles. The molecule has 0 radical (unpaired) electrons. The van der Waals surface area contributed by atoms with E-state index >= 15 is 0 Å². The molecule has 0 aliphatic carbocycles. The summed E-state index contributed by atoms with van der Waals surface area (Å²) in [5, 5.41) is 13.7. The maximum Gasteiger partial charge on any atom is 0.271 e. The Morgan fingerprint density at radius 3 is 2.52 bits per heavy atom. The molecule has 0 amide bonds. The average molecular weight is 306 g/mol. The van der Waals surface area contributed by atoms with Crippen LogP contribution in [0.2, 0.25) is 0 Å². The van der Waals surface area contributed by atoms with E-state index in [-0.39, 0.29) is 16.6 Å². The molecule has 0 unspecified atom stereocenters. The predicted molar refractivity (Wildman–Crippen MR) is 82.5 cm³/mol. The molecule has 0 aliphatic heterocycles. The van der Waals surface area contributed by atoms with Gasteiger partial charge < -0.3 is 5.32 Å². The van der Waals surface area contributed by atoms with Crippen molar-refractivity contribution in [3.8, 4) is 0 Å². The summed E-state index contributed by atoms with van der Waals surface area (Å²) in [7, 11) is 0. The highest BCUT2D eigenvalue weighted by Gasteiger charge is 2.05. The van der Waals surface area contributed by atoms with Crippen molar-refractivity contribution in [3.63, 3.8) is 0 Å². The summed E-state index contributed by atoms with van der Waals surface area (Å²) in [5.74, 6) is -0.339. The van der Waals surface area contributed by atoms with Crippen LogP contribution in [0.4, 0.5) is 21.5 Å². The average Bonchev–Trinajstić information content (AvgIpc) is 2.48. The van der Waals surface area contributed by atoms with Gasteiger partial charge >= 0.3 is 0 Å². The van der Waals surface area contributed by atoms with Crippen LogP contribution in [0.25, 0.3) is 0 Å². The van der Waals surface area contributed by atoms with Gasteiger partial charge in [-0.25, -0.2) is 4.39 Å². The second kappa shape index (κ2) is 6.62. The van der Waals surface area contributed by atoms with Gasteiger partial charge in [-0.05, 0) is 42.5 Å². The first kappa shape index (κ1) is 14.7. The van der Waals surface area contributed by atoms with Crippen molar-refractivity contribution in [1.29, 1.82) is 0 Å². The number of non-ortho nitro benzene ring substituents is 1. The highest BCUT2D eigenvalue weighted by atomic mass is 32.1. The standard InChI is InChI=1S/C13H11FN4O2S/c14-9-4-6-10(7-5-9)15-13(21)17-16-11-2-1-3-12(8-11)18(19)20/h1-8,16H,(H2,15,17,21). The Kier molecular flexibility index (Phi) is 4.62. The zero-order valence-corrected chi connectivity index (χ0v) is 11.5. The monoisotopic (exact) mass is 306 g/mol. The fourth-order valence-corrected chi connectivity index (χ4v) is 1.69. The van der Waals surface area contributed by atoms with Crippen LogP contribution < -0.4 is 16.2 Å². The molecule has 0 aliphatic rings. The Bertz CT molecular complexity index is 663. The number of benzene rings is 2. The Balaban J connectivity index is 1.90. The van der Waals surface area contributed by atoms with E-state index in [1.54, 1.807) is 12.1 Å². The van der Waals surface area contributed by atoms with Crippen LogP contribution in [-0.2, 0) is 0 Å².